The fourth-order valence-electron chi connectivity index (χ4n) is 2.63. The van der Waals surface area contributed by atoms with Crippen molar-refractivity contribution in [1.29, 1.82) is 0 Å². The number of nitrogens with zero attached hydrogens (tertiary/aromatic N) is 2. The van der Waals surface area contributed by atoms with Gasteiger partial charge in [-0.05, 0) is 33.6 Å². The van der Waals surface area contributed by atoms with Crippen molar-refractivity contribution in [3.8, 4) is 5.75 Å². The van der Waals surface area contributed by atoms with E-state index in [0.717, 1.165) is 23.7 Å². The summed E-state index contributed by atoms with van der Waals surface area (Å²) in [5.74, 6) is 0.943. The quantitative estimate of drug-likeness (QED) is 0.873. The highest BCUT2D eigenvalue weighted by atomic mass is 16.5. The van der Waals surface area contributed by atoms with Gasteiger partial charge in [0.05, 0.1) is 5.69 Å². The Balaban J connectivity index is 1.84. The first-order valence-corrected chi connectivity index (χ1v) is 6.98. The summed E-state index contributed by atoms with van der Waals surface area (Å²) in [5.41, 5.74) is 2.07. The lowest BCUT2D eigenvalue weighted by molar-refractivity contribution is 0.208. The average Bonchev–Trinajstić information content (AvgIpc) is 2.92. The molecule has 0 saturated heterocycles. The molecule has 102 valence electrons. The fraction of sp³-hybridized carbons (Fsp3) is 0.786. The summed E-state index contributed by atoms with van der Waals surface area (Å²) in [4.78, 5) is 0. The highest BCUT2D eigenvalue weighted by Crippen LogP contribution is 2.23. The number of rotatable bonds is 5. The van der Waals surface area contributed by atoms with Crippen molar-refractivity contribution in [1.82, 2.24) is 15.1 Å². The molecule has 1 unspecified atom stereocenters. The second kappa shape index (κ2) is 5.74. The summed E-state index contributed by atoms with van der Waals surface area (Å²) in [5, 5.41) is 7.97. The van der Waals surface area contributed by atoms with Crippen LogP contribution in [0.2, 0.25) is 0 Å². The molecule has 1 atom stereocenters. The summed E-state index contributed by atoms with van der Waals surface area (Å²) in [6.07, 6.45) is 5.56. The van der Waals surface area contributed by atoms with Gasteiger partial charge in [-0.3, -0.25) is 4.68 Å². The van der Waals surface area contributed by atoms with Crippen LogP contribution in [0.5, 0.6) is 5.75 Å². The Morgan fingerprint density at radius 2 is 2.06 bits per heavy atom. The maximum absolute atomic E-state index is 6.01. The number of ether oxygens (including phenoxy) is 1. The van der Waals surface area contributed by atoms with E-state index in [1.165, 1.54) is 25.7 Å². The molecule has 0 aliphatic heterocycles. The molecule has 18 heavy (non-hydrogen) atoms. The van der Waals surface area contributed by atoms with Crippen LogP contribution in [0.1, 0.15) is 44.0 Å². The zero-order chi connectivity index (χ0) is 13.1. The molecule has 0 aromatic carbocycles. The maximum Gasteiger partial charge on any atom is 0.163 e. The Morgan fingerprint density at radius 3 is 2.61 bits per heavy atom. The minimum Gasteiger partial charge on any atom is -0.486 e. The van der Waals surface area contributed by atoms with Gasteiger partial charge in [-0.1, -0.05) is 12.8 Å². The van der Waals surface area contributed by atoms with Crippen LogP contribution in [-0.4, -0.2) is 28.5 Å². The molecule has 0 amide bonds. The molecule has 0 bridgehead atoms. The molecule has 1 aliphatic carbocycles. The van der Waals surface area contributed by atoms with E-state index < -0.39 is 0 Å². The largest absolute Gasteiger partial charge is 0.486 e. The molecule has 1 aliphatic rings. The average molecular weight is 251 g/mol. The van der Waals surface area contributed by atoms with Crippen LogP contribution in [0, 0.1) is 13.8 Å². The molecule has 1 aromatic rings. The van der Waals surface area contributed by atoms with E-state index in [2.05, 4.69) is 17.3 Å². The molecule has 1 N–H and O–H groups in total. The van der Waals surface area contributed by atoms with Crippen LogP contribution in [0.25, 0.3) is 0 Å². The van der Waals surface area contributed by atoms with E-state index in [1.54, 1.807) is 0 Å². The van der Waals surface area contributed by atoms with Crippen molar-refractivity contribution in [2.24, 2.45) is 7.05 Å². The van der Waals surface area contributed by atoms with Gasteiger partial charge in [0.2, 0.25) is 0 Å². The van der Waals surface area contributed by atoms with Gasteiger partial charge in [0, 0.05) is 19.6 Å². The third kappa shape index (κ3) is 3.05. The zero-order valence-electron chi connectivity index (χ0n) is 12.0. The second-order valence-electron chi connectivity index (χ2n) is 5.44. The van der Waals surface area contributed by atoms with E-state index in [9.17, 15) is 0 Å². The summed E-state index contributed by atoms with van der Waals surface area (Å²) in [6.45, 7) is 7.08. The topological polar surface area (TPSA) is 39.1 Å². The van der Waals surface area contributed by atoms with Gasteiger partial charge >= 0.3 is 0 Å². The minimum absolute atomic E-state index is 0.187. The highest BCUT2D eigenvalue weighted by Gasteiger charge is 2.17. The molecule has 0 spiro atoms. The normalized spacial score (nSPS) is 18.2. The van der Waals surface area contributed by atoms with Gasteiger partial charge in [-0.25, -0.2) is 0 Å². The van der Waals surface area contributed by atoms with Crippen molar-refractivity contribution < 1.29 is 4.74 Å². The van der Waals surface area contributed by atoms with E-state index in [0.29, 0.717) is 6.04 Å². The second-order valence-corrected chi connectivity index (χ2v) is 5.44. The molecule has 1 fully saturated rings. The van der Waals surface area contributed by atoms with Gasteiger partial charge in [-0.2, -0.15) is 5.10 Å². The van der Waals surface area contributed by atoms with Gasteiger partial charge < -0.3 is 10.1 Å². The first kappa shape index (κ1) is 13.4. The number of hydrogen-bond acceptors (Lipinski definition) is 3. The Kier molecular flexibility index (Phi) is 4.27. The van der Waals surface area contributed by atoms with Crippen molar-refractivity contribution in [2.75, 3.05) is 6.54 Å². The summed E-state index contributed by atoms with van der Waals surface area (Å²) in [6, 6.07) is 0.701. The standard InChI is InChI=1S/C14H25N3O/c1-10(9-15-13-7-5-6-8-13)18-14-11(2)16-17(4)12(14)3/h10,13,15H,5-9H2,1-4H3. The number of aromatic nitrogens is 2. The van der Waals surface area contributed by atoms with Crippen molar-refractivity contribution in [3.63, 3.8) is 0 Å². The Bertz CT molecular complexity index is 394. The maximum atomic E-state index is 6.01. The monoisotopic (exact) mass is 251 g/mol. The van der Waals surface area contributed by atoms with Crippen LogP contribution in [0.3, 0.4) is 0 Å². The smallest absolute Gasteiger partial charge is 0.163 e. The first-order valence-electron chi connectivity index (χ1n) is 6.98. The number of aryl methyl sites for hydroxylation is 2. The van der Waals surface area contributed by atoms with Crippen LogP contribution >= 0.6 is 0 Å². The number of nitrogens with one attached hydrogen (secondary N) is 1. The molecular formula is C14H25N3O. The first-order chi connectivity index (χ1) is 8.58. The molecule has 4 nitrogen and oxygen atoms in total. The third-order valence-corrected chi connectivity index (χ3v) is 3.81. The molecular weight excluding hydrogens is 226 g/mol. The Hall–Kier alpha value is -1.03. The van der Waals surface area contributed by atoms with Crippen molar-refractivity contribution in [2.45, 2.75) is 58.6 Å². The summed E-state index contributed by atoms with van der Waals surface area (Å²) in [7, 11) is 1.95. The van der Waals surface area contributed by atoms with E-state index >= 15 is 0 Å². The minimum atomic E-state index is 0.187. The number of hydrogen-bond donors (Lipinski definition) is 1. The van der Waals surface area contributed by atoms with Crippen LogP contribution in [0.4, 0.5) is 0 Å². The fourth-order valence-corrected chi connectivity index (χ4v) is 2.63. The highest BCUT2D eigenvalue weighted by molar-refractivity contribution is 5.31. The molecule has 4 heteroatoms. The van der Waals surface area contributed by atoms with Crippen molar-refractivity contribution in [3.05, 3.63) is 11.4 Å². The summed E-state index contributed by atoms with van der Waals surface area (Å²) < 4.78 is 7.89. The third-order valence-electron chi connectivity index (χ3n) is 3.81. The lowest BCUT2D eigenvalue weighted by Gasteiger charge is -2.18. The van der Waals surface area contributed by atoms with Crippen molar-refractivity contribution >= 4 is 0 Å². The molecule has 0 radical (unpaired) electrons. The van der Waals surface area contributed by atoms with Crippen LogP contribution in [0.15, 0.2) is 0 Å². The lowest BCUT2D eigenvalue weighted by atomic mass is 10.2. The Morgan fingerprint density at radius 1 is 1.39 bits per heavy atom. The van der Waals surface area contributed by atoms with E-state index in [4.69, 9.17) is 4.74 Å². The Labute approximate surface area is 110 Å². The molecule has 2 rings (SSSR count). The summed E-state index contributed by atoms with van der Waals surface area (Å²) >= 11 is 0. The predicted molar refractivity (Wildman–Crippen MR) is 73.0 cm³/mol. The van der Waals surface area contributed by atoms with Crippen LogP contribution < -0.4 is 10.1 Å². The molecule has 1 aromatic heterocycles. The zero-order valence-corrected chi connectivity index (χ0v) is 12.0. The van der Waals surface area contributed by atoms with Gasteiger partial charge in [-0.15, -0.1) is 0 Å². The molecule has 1 saturated carbocycles. The van der Waals surface area contributed by atoms with Gasteiger partial charge in [0.1, 0.15) is 11.8 Å². The van der Waals surface area contributed by atoms with E-state index in [-0.39, 0.29) is 6.10 Å². The molecule has 1 heterocycles. The SMILES string of the molecule is Cc1nn(C)c(C)c1OC(C)CNC1CCCC1. The van der Waals surface area contributed by atoms with Gasteiger partial charge in [0.25, 0.3) is 0 Å². The van der Waals surface area contributed by atoms with E-state index in [1.807, 2.05) is 25.6 Å². The predicted octanol–water partition coefficient (Wildman–Crippen LogP) is 2.34. The van der Waals surface area contributed by atoms with Crippen LogP contribution in [-0.2, 0) is 7.05 Å². The van der Waals surface area contributed by atoms with Gasteiger partial charge in [0.15, 0.2) is 5.75 Å². The lowest BCUT2D eigenvalue weighted by Crippen LogP contribution is -2.35.